The highest BCUT2D eigenvalue weighted by atomic mass is 16.5. The molecule has 0 saturated heterocycles. The second-order valence-electron chi connectivity index (χ2n) is 4.19. The van der Waals surface area contributed by atoms with Crippen molar-refractivity contribution in [2.45, 2.75) is 6.54 Å². The van der Waals surface area contributed by atoms with Crippen molar-refractivity contribution in [3.63, 3.8) is 0 Å². The van der Waals surface area contributed by atoms with Crippen molar-refractivity contribution in [2.75, 3.05) is 19.5 Å². The highest BCUT2D eigenvalue weighted by Gasteiger charge is 2.06. The minimum absolute atomic E-state index is 0.549. The fraction of sp³-hybridized carbons (Fsp3) is 0.188. The molecule has 0 aliphatic carbocycles. The Labute approximate surface area is 118 Å². The van der Waals surface area contributed by atoms with Gasteiger partial charge in [-0.15, -0.1) is 0 Å². The molecule has 0 aromatic heterocycles. The summed E-state index contributed by atoms with van der Waals surface area (Å²) in [5.74, 6) is 1.49. The number of ether oxygens (including phenoxy) is 2. The third-order valence-electron chi connectivity index (χ3n) is 3.01. The standard InChI is InChI=1S/C16H16N2O2/c1-19-14-7-8-16(20-2)15(9-14)18-11-13-6-4-3-5-12(13)10-17/h3-9,18H,11H2,1-2H3. The lowest BCUT2D eigenvalue weighted by atomic mass is 10.1. The third-order valence-corrected chi connectivity index (χ3v) is 3.01. The zero-order valence-electron chi connectivity index (χ0n) is 11.5. The molecule has 0 radical (unpaired) electrons. The van der Waals surface area contributed by atoms with Crippen LogP contribution in [0.2, 0.25) is 0 Å². The van der Waals surface area contributed by atoms with Crippen LogP contribution in [-0.2, 0) is 6.54 Å². The molecule has 0 aliphatic heterocycles. The van der Waals surface area contributed by atoms with E-state index in [1.54, 1.807) is 20.3 Å². The second-order valence-corrected chi connectivity index (χ2v) is 4.19. The van der Waals surface area contributed by atoms with Crippen LogP contribution in [0.25, 0.3) is 0 Å². The number of nitrogens with one attached hydrogen (secondary N) is 1. The van der Waals surface area contributed by atoms with Crippen LogP contribution in [0.15, 0.2) is 42.5 Å². The van der Waals surface area contributed by atoms with Gasteiger partial charge in [0.05, 0.1) is 31.5 Å². The molecule has 1 N–H and O–H groups in total. The molecule has 102 valence electrons. The molecule has 20 heavy (non-hydrogen) atoms. The zero-order valence-corrected chi connectivity index (χ0v) is 11.5. The normalized spacial score (nSPS) is 9.65. The average molecular weight is 268 g/mol. The van der Waals surface area contributed by atoms with Crippen molar-refractivity contribution in [1.29, 1.82) is 5.26 Å². The topological polar surface area (TPSA) is 54.3 Å². The van der Waals surface area contributed by atoms with Crippen molar-refractivity contribution in [3.05, 3.63) is 53.6 Å². The van der Waals surface area contributed by atoms with Gasteiger partial charge in [0.15, 0.2) is 0 Å². The lowest BCUT2D eigenvalue weighted by Gasteiger charge is -2.13. The number of benzene rings is 2. The summed E-state index contributed by atoms with van der Waals surface area (Å²) in [5, 5.41) is 12.3. The lowest BCUT2D eigenvalue weighted by molar-refractivity contribution is 0.404. The van der Waals surface area contributed by atoms with Gasteiger partial charge in [0.1, 0.15) is 11.5 Å². The number of hydrogen-bond donors (Lipinski definition) is 1. The largest absolute Gasteiger partial charge is 0.497 e. The van der Waals surface area contributed by atoms with Crippen molar-refractivity contribution in [1.82, 2.24) is 0 Å². The third kappa shape index (κ3) is 3.01. The molecule has 0 bridgehead atoms. The maximum atomic E-state index is 9.08. The smallest absolute Gasteiger partial charge is 0.142 e. The van der Waals surface area contributed by atoms with Gasteiger partial charge in [0.2, 0.25) is 0 Å². The number of nitrogens with zero attached hydrogens (tertiary/aromatic N) is 1. The van der Waals surface area contributed by atoms with E-state index in [9.17, 15) is 0 Å². The first-order valence-corrected chi connectivity index (χ1v) is 6.22. The van der Waals surface area contributed by atoms with Crippen molar-refractivity contribution >= 4 is 5.69 Å². The molecule has 0 atom stereocenters. The predicted octanol–water partition coefficient (Wildman–Crippen LogP) is 3.19. The summed E-state index contributed by atoms with van der Waals surface area (Å²) < 4.78 is 10.5. The van der Waals surface area contributed by atoms with Crippen LogP contribution in [0.5, 0.6) is 11.5 Å². The summed E-state index contributed by atoms with van der Waals surface area (Å²) >= 11 is 0. The van der Waals surface area contributed by atoms with Crippen LogP contribution >= 0.6 is 0 Å². The summed E-state index contributed by atoms with van der Waals surface area (Å²) in [6, 6.07) is 15.2. The highest BCUT2D eigenvalue weighted by molar-refractivity contribution is 5.60. The van der Waals surface area contributed by atoms with Crippen LogP contribution in [0, 0.1) is 11.3 Å². The van der Waals surface area contributed by atoms with Crippen molar-refractivity contribution in [2.24, 2.45) is 0 Å². The van der Waals surface area contributed by atoms with E-state index in [1.807, 2.05) is 36.4 Å². The molecule has 0 heterocycles. The summed E-state index contributed by atoms with van der Waals surface area (Å²) in [6.07, 6.45) is 0. The van der Waals surface area contributed by atoms with E-state index in [0.717, 1.165) is 22.7 Å². The van der Waals surface area contributed by atoms with E-state index in [4.69, 9.17) is 14.7 Å². The molecule has 2 aromatic carbocycles. The Hall–Kier alpha value is -2.67. The summed E-state index contributed by atoms with van der Waals surface area (Å²) in [4.78, 5) is 0. The molecule has 2 rings (SSSR count). The fourth-order valence-electron chi connectivity index (χ4n) is 1.93. The van der Waals surface area contributed by atoms with Gasteiger partial charge >= 0.3 is 0 Å². The van der Waals surface area contributed by atoms with Gasteiger partial charge in [-0.3, -0.25) is 0 Å². The first-order valence-electron chi connectivity index (χ1n) is 6.22. The molecule has 4 heteroatoms. The molecular formula is C16H16N2O2. The molecule has 4 nitrogen and oxygen atoms in total. The first kappa shape index (κ1) is 13.8. The van der Waals surface area contributed by atoms with Gasteiger partial charge < -0.3 is 14.8 Å². The zero-order chi connectivity index (χ0) is 14.4. The predicted molar refractivity (Wildman–Crippen MR) is 78.0 cm³/mol. The lowest BCUT2D eigenvalue weighted by Crippen LogP contribution is -2.03. The summed E-state index contributed by atoms with van der Waals surface area (Å²) in [6.45, 7) is 0.549. The monoisotopic (exact) mass is 268 g/mol. The van der Waals surface area contributed by atoms with E-state index < -0.39 is 0 Å². The summed E-state index contributed by atoms with van der Waals surface area (Å²) in [5.41, 5.74) is 2.45. The van der Waals surface area contributed by atoms with Gasteiger partial charge in [-0.1, -0.05) is 18.2 Å². The Kier molecular flexibility index (Phi) is 4.46. The van der Waals surface area contributed by atoms with Crippen LogP contribution in [-0.4, -0.2) is 14.2 Å². The van der Waals surface area contributed by atoms with Gasteiger partial charge in [-0.25, -0.2) is 0 Å². The summed E-state index contributed by atoms with van der Waals surface area (Å²) in [7, 11) is 3.24. The first-order chi connectivity index (χ1) is 9.78. The van der Waals surface area contributed by atoms with Crippen LogP contribution in [0.4, 0.5) is 5.69 Å². The van der Waals surface area contributed by atoms with Crippen molar-refractivity contribution < 1.29 is 9.47 Å². The Morgan fingerprint density at radius 1 is 1.10 bits per heavy atom. The minimum atomic E-state index is 0.549. The number of nitriles is 1. The molecule has 0 saturated carbocycles. The SMILES string of the molecule is COc1ccc(OC)c(NCc2ccccc2C#N)c1. The molecule has 0 amide bonds. The Bertz CT molecular complexity index is 633. The van der Waals surface area contributed by atoms with Crippen LogP contribution in [0.3, 0.4) is 0 Å². The molecule has 2 aromatic rings. The van der Waals surface area contributed by atoms with Crippen LogP contribution in [0.1, 0.15) is 11.1 Å². The molecule has 0 aliphatic rings. The Morgan fingerprint density at radius 3 is 2.60 bits per heavy atom. The quantitative estimate of drug-likeness (QED) is 0.904. The van der Waals surface area contributed by atoms with Crippen LogP contribution < -0.4 is 14.8 Å². The van der Waals surface area contributed by atoms with Gasteiger partial charge in [-0.2, -0.15) is 5.26 Å². The number of anilines is 1. The van der Waals surface area contributed by atoms with E-state index in [-0.39, 0.29) is 0 Å². The number of hydrogen-bond acceptors (Lipinski definition) is 4. The maximum absolute atomic E-state index is 9.08. The van der Waals surface area contributed by atoms with Crippen molar-refractivity contribution in [3.8, 4) is 17.6 Å². The maximum Gasteiger partial charge on any atom is 0.142 e. The number of methoxy groups -OCH3 is 2. The van der Waals surface area contributed by atoms with E-state index in [1.165, 1.54) is 0 Å². The molecule has 0 spiro atoms. The molecule has 0 fully saturated rings. The molecule has 0 unspecified atom stereocenters. The van der Waals surface area contributed by atoms with E-state index in [0.29, 0.717) is 12.1 Å². The second kappa shape index (κ2) is 6.48. The van der Waals surface area contributed by atoms with Gasteiger partial charge in [-0.05, 0) is 23.8 Å². The van der Waals surface area contributed by atoms with E-state index >= 15 is 0 Å². The fourth-order valence-corrected chi connectivity index (χ4v) is 1.93. The van der Waals surface area contributed by atoms with Gasteiger partial charge in [0, 0.05) is 12.6 Å². The number of rotatable bonds is 5. The highest BCUT2D eigenvalue weighted by Crippen LogP contribution is 2.29. The minimum Gasteiger partial charge on any atom is -0.497 e. The molecular weight excluding hydrogens is 252 g/mol. The Morgan fingerprint density at radius 2 is 1.90 bits per heavy atom. The average Bonchev–Trinajstić information content (AvgIpc) is 2.52. The Balaban J connectivity index is 2.20. The van der Waals surface area contributed by atoms with E-state index in [2.05, 4.69) is 11.4 Å². The van der Waals surface area contributed by atoms with Gasteiger partial charge in [0.25, 0.3) is 0 Å².